The molecule has 0 saturated heterocycles. The van der Waals surface area contributed by atoms with E-state index in [0.717, 1.165) is 60.6 Å². The van der Waals surface area contributed by atoms with Crippen molar-refractivity contribution in [3.8, 4) is 22.3 Å². The molecule has 0 spiro atoms. The lowest BCUT2D eigenvalue weighted by atomic mass is 9.99. The summed E-state index contributed by atoms with van der Waals surface area (Å²) in [6, 6.07) is 37.0. The van der Waals surface area contributed by atoms with Gasteiger partial charge in [-0.15, -0.1) is 0 Å². The average molecular weight is 765 g/mol. The van der Waals surface area contributed by atoms with Gasteiger partial charge in [0.2, 0.25) is 0 Å². The quantitative estimate of drug-likeness (QED) is 0.118. The number of hydrogen-bond donors (Lipinski definition) is 0. The normalized spacial score (nSPS) is 11.5. The molecule has 2 nitrogen and oxygen atoms in total. The number of hydrogen-bond acceptors (Lipinski definition) is 2. The summed E-state index contributed by atoms with van der Waals surface area (Å²) in [6.45, 7) is 32.5. The molecule has 57 heavy (non-hydrogen) atoms. The Morgan fingerprint density at radius 2 is 1.02 bits per heavy atom. The maximum absolute atomic E-state index is 4.13. The molecule has 0 aromatic heterocycles. The van der Waals surface area contributed by atoms with Crippen LogP contribution in [-0.2, 0) is 0 Å². The summed E-state index contributed by atoms with van der Waals surface area (Å²) in [6.07, 6.45) is 24.6. The van der Waals surface area contributed by atoms with Crippen LogP contribution in [0.4, 0.5) is 17.1 Å². The minimum Gasteiger partial charge on any atom is -0.311 e. The molecule has 0 saturated carbocycles. The summed E-state index contributed by atoms with van der Waals surface area (Å²) in [4.78, 5) is 4.59. The van der Waals surface area contributed by atoms with E-state index in [1.807, 2.05) is 87.5 Å². The zero-order valence-corrected chi connectivity index (χ0v) is 37.9. The molecule has 0 radical (unpaired) electrons. The molecule has 5 rings (SSSR count). The van der Waals surface area contributed by atoms with Crippen LogP contribution in [0.3, 0.4) is 0 Å². The summed E-state index contributed by atoms with van der Waals surface area (Å²) in [7, 11) is 0. The van der Waals surface area contributed by atoms with Gasteiger partial charge in [-0.3, -0.25) is 0 Å². The van der Waals surface area contributed by atoms with E-state index in [1.54, 1.807) is 0 Å². The molecule has 0 amide bonds. The number of benzene rings is 4. The van der Waals surface area contributed by atoms with Crippen molar-refractivity contribution in [2.24, 2.45) is 0 Å². The van der Waals surface area contributed by atoms with Gasteiger partial charge in [0.15, 0.2) is 0 Å². The van der Waals surface area contributed by atoms with Gasteiger partial charge in [0.25, 0.3) is 0 Å². The molecule has 0 bridgehead atoms. The Labute approximate surface area is 351 Å². The Kier molecular flexibility index (Phi) is 29.8. The van der Waals surface area contributed by atoms with Gasteiger partial charge in [-0.1, -0.05) is 200 Å². The summed E-state index contributed by atoms with van der Waals surface area (Å²) in [5, 5.41) is 0. The van der Waals surface area contributed by atoms with Crippen molar-refractivity contribution in [2.45, 2.75) is 115 Å². The van der Waals surface area contributed by atoms with Crippen LogP contribution in [0.15, 0.2) is 188 Å². The minimum absolute atomic E-state index is 0.969. The number of nitrogens with zero attached hydrogens (tertiary/aromatic N) is 2. The van der Waals surface area contributed by atoms with Gasteiger partial charge < -0.3 is 9.80 Å². The molecule has 306 valence electrons. The third kappa shape index (κ3) is 16.3. The molecule has 2 heteroatoms. The third-order valence-electron chi connectivity index (χ3n) is 8.23. The van der Waals surface area contributed by atoms with Gasteiger partial charge in [-0.2, -0.15) is 0 Å². The number of anilines is 3. The molecule has 4 aromatic rings. The van der Waals surface area contributed by atoms with E-state index in [2.05, 4.69) is 176 Å². The lowest BCUT2D eigenvalue weighted by Crippen LogP contribution is -2.20. The van der Waals surface area contributed by atoms with Crippen molar-refractivity contribution < 1.29 is 0 Å². The van der Waals surface area contributed by atoms with Gasteiger partial charge in [-0.05, 0) is 109 Å². The van der Waals surface area contributed by atoms with Gasteiger partial charge >= 0.3 is 0 Å². The number of unbranched alkanes of at least 4 members (excludes halogenated alkanes) is 1. The van der Waals surface area contributed by atoms with Crippen molar-refractivity contribution in [1.29, 1.82) is 0 Å². The SMILES string of the molecule is C=C/C=C(\C=C/CC)N(c1ccccc1)c1ccc(-c2ccc(-c3ccc(N(C4=CCCC=C4)/C(C=C)=C/CCC)cc3)cc2)cc1.CC.CC.CC.CC.CC. The second-order valence-corrected chi connectivity index (χ2v) is 11.5. The van der Waals surface area contributed by atoms with Gasteiger partial charge in [-0.25, -0.2) is 0 Å². The van der Waals surface area contributed by atoms with E-state index in [9.17, 15) is 0 Å². The van der Waals surface area contributed by atoms with E-state index >= 15 is 0 Å². The van der Waals surface area contributed by atoms with E-state index in [1.165, 1.54) is 28.0 Å². The molecular weight excluding hydrogens is 689 g/mol. The van der Waals surface area contributed by atoms with Crippen molar-refractivity contribution in [2.75, 3.05) is 9.80 Å². The van der Waals surface area contributed by atoms with Gasteiger partial charge in [0.05, 0.1) is 0 Å². The van der Waals surface area contributed by atoms with E-state index in [0.29, 0.717) is 0 Å². The van der Waals surface area contributed by atoms with Crippen LogP contribution in [0.5, 0.6) is 0 Å². The summed E-state index contributed by atoms with van der Waals surface area (Å²) >= 11 is 0. The highest BCUT2D eigenvalue weighted by molar-refractivity contribution is 5.76. The predicted octanol–water partition coefficient (Wildman–Crippen LogP) is 18.2. The summed E-state index contributed by atoms with van der Waals surface area (Å²) in [5.41, 5.74) is 11.5. The monoisotopic (exact) mass is 765 g/mol. The molecule has 0 atom stereocenters. The lowest BCUT2D eigenvalue weighted by molar-refractivity contribution is 0.937. The molecule has 0 heterocycles. The first-order chi connectivity index (χ1) is 28.2. The van der Waals surface area contributed by atoms with Crippen molar-refractivity contribution in [1.82, 2.24) is 0 Å². The molecule has 4 aromatic carbocycles. The topological polar surface area (TPSA) is 6.48 Å². The minimum atomic E-state index is 0.969. The number of rotatable bonds is 14. The third-order valence-corrected chi connectivity index (χ3v) is 8.23. The second-order valence-electron chi connectivity index (χ2n) is 11.5. The van der Waals surface area contributed by atoms with Crippen molar-refractivity contribution in [3.63, 3.8) is 0 Å². The predicted molar refractivity (Wildman–Crippen MR) is 262 cm³/mol. The van der Waals surface area contributed by atoms with E-state index in [-0.39, 0.29) is 0 Å². The van der Waals surface area contributed by atoms with Crippen LogP contribution in [0.2, 0.25) is 0 Å². The molecular formula is C55H76N2. The zero-order valence-electron chi connectivity index (χ0n) is 37.9. The first kappa shape index (κ1) is 51.7. The van der Waals surface area contributed by atoms with Gasteiger partial charge in [0.1, 0.15) is 0 Å². The first-order valence-electron chi connectivity index (χ1n) is 21.8. The van der Waals surface area contributed by atoms with Crippen LogP contribution < -0.4 is 9.80 Å². The Morgan fingerprint density at radius 3 is 1.42 bits per heavy atom. The first-order valence-corrected chi connectivity index (χ1v) is 21.8. The highest BCUT2D eigenvalue weighted by Crippen LogP contribution is 2.34. The Bertz CT molecular complexity index is 1760. The van der Waals surface area contributed by atoms with Crippen molar-refractivity contribution >= 4 is 17.1 Å². The van der Waals surface area contributed by atoms with Crippen LogP contribution in [0, 0.1) is 0 Å². The van der Waals surface area contributed by atoms with Gasteiger partial charge in [0, 0.05) is 34.2 Å². The molecule has 0 unspecified atom stereocenters. The molecule has 0 aliphatic heterocycles. The molecule has 1 aliphatic rings. The van der Waals surface area contributed by atoms with Crippen molar-refractivity contribution in [3.05, 3.63) is 188 Å². The Morgan fingerprint density at radius 1 is 0.561 bits per heavy atom. The zero-order chi connectivity index (χ0) is 42.8. The highest BCUT2D eigenvalue weighted by atomic mass is 15.2. The lowest BCUT2D eigenvalue weighted by Gasteiger charge is -2.28. The average Bonchev–Trinajstić information content (AvgIpc) is 3.31. The highest BCUT2D eigenvalue weighted by Gasteiger charge is 2.16. The van der Waals surface area contributed by atoms with E-state index < -0.39 is 0 Å². The molecule has 1 aliphatic carbocycles. The molecule has 0 N–H and O–H groups in total. The fourth-order valence-electron chi connectivity index (χ4n) is 5.82. The standard InChI is InChI=1S/C45H46N2.5C2H6/c1-5-9-18-40(8-4)46(42-20-13-11-14-21-42)44-32-28-38(29-33-44)36-24-26-37(27-25-36)39-30-34-45(35-31-39)47(43-22-15-12-16-23-43)41(17-7-3)19-10-6-2;5*1-2/h7-8,10,12-13,15-35H,3-6,9,11,14H2,1-2H3;5*1-2H3/b19-10-,40-18+,41-17+;;;;;. The fraction of sp³-hybridized carbons (Fsp3) is 0.309. The molecule has 0 fully saturated rings. The number of allylic oxidation sites excluding steroid dienone is 9. The van der Waals surface area contributed by atoms with Crippen LogP contribution >= 0.6 is 0 Å². The van der Waals surface area contributed by atoms with Crippen LogP contribution in [-0.4, -0.2) is 0 Å². The smallest absolute Gasteiger partial charge is 0.0462 e. The van der Waals surface area contributed by atoms with Crippen LogP contribution in [0.1, 0.15) is 115 Å². The van der Waals surface area contributed by atoms with E-state index in [4.69, 9.17) is 0 Å². The Hall–Kier alpha value is -5.34. The summed E-state index contributed by atoms with van der Waals surface area (Å²) in [5.74, 6) is 0. The number of para-hydroxylation sites is 1. The Balaban J connectivity index is 0.00000291. The maximum atomic E-state index is 4.13. The summed E-state index contributed by atoms with van der Waals surface area (Å²) < 4.78 is 0. The maximum Gasteiger partial charge on any atom is 0.0462 e. The largest absolute Gasteiger partial charge is 0.311 e. The van der Waals surface area contributed by atoms with Crippen LogP contribution in [0.25, 0.3) is 22.3 Å². The fourth-order valence-corrected chi connectivity index (χ4v) is 5.82. The second kappa shape index (κ2) is 32.9.